The van der Waals surface area contributed by atoms with Crippen molar-refractivity contribution in [1.82, 2.24) is 10.2 Å². The van der Waals surface area contributed by atoms with Gasteiger partial charge in [-0.05, 0) is 24.3 Å². The highest BCUT2D eigenvalue weighted by Crippen LogP contribution is 2.34. The summed E-state index contributed by atoms with van der Waals surface area (Å²) in [5.41, 5.74) is 1.06. The summed E-state index contributed by atoms with van der Waals surface area (Å²) in [6.45, 7) is 0.702. The molecule has 0 bridgehead atoms. The van der Waals surface area contributed by atoms with Gasteiger partial charge < -0.3 is 10.2 Å². The van der Waals surface area contributed by atoms with Crippen LogP contribution in [0.25, 0.3) is 0 Å². The first-order valence-corrected chi connectivity index (χ1v) is 6.36. The van der Waals surface area contributed by atoms with E-state index >= 15 is 0 Å². The van der Waals surface area contributed by atoms with Crippen molar-refractivity contribution in [1.29, 1.82) is 0 Å². The van der Waals surface area contributed by atoms with Crippen molar-refractivity contribution < 1.29 is 9.59 Å². The van der Waals surface area contributed by atoms with E-state index in [0.29, 0.717) is 12.5 Å². The third kappa shape index (κ3) is 2.23. The lowest BCUT2D eigenvalue weighted by Gasteiger charge is -2.32. The molecule has 0 unspecified atom stereocenters. The largest absolute Gasteiger partial charge is 0.342 e. The number of carbonyl (C=O) groups is 2. The number of nitrogens with zero attached hydrogens (tertiary/aromatic N) is 1. The molecular weight excluding hydrogens is 228 g/mol. The van der Waals surface area contributed by atoms with Crippen LogP contribution in [0.1, 0.15) is 18.4 Å². The summed E-state index contributed by atoms with van der Waals surface area (Å²) in [6.07, 6.45) is 2.10. The maximum atomic E-state index is 12.3. The molecule has 2 fully saturated rings. The third-order valence-electron chi connectivity index (χ3n) is 3.54. The van der Waals surface area contributed by atoms with Crippen LogP contribution >= 0.6 is 0 Å². The summed E-state index contributed by atoms with van der Waals surface area (Å²) in [5.74, 6) is 0.392. The van der Waals surface area contributed by atoms with Gasteiger partial charge in [-0.2, -0.15) is 0 Å². The van der Waals surface area contributed by atoms with Crippen LogP contribution in [-0.4, -0.2) is 29.3 Å². The number of hydrogen-bond donors (Lipinski definition) is 1. The van der Waals surface area contributed by atoms with Gasteiger partial charge >= 0.3 is 0 Å². The highest BCUT2D eigenvalue weighted by molar-refractivity contribution is 5.95. The first-order chi connectivity index (χ1) is 8.74. The Morgan fingerprint density at radius 2 is 1.89 bits per heavy atom. The standard InChI is InChI=1S/C14H16N2O2/c17-12-9-16(8-10-4-2-1-3-5-10)14(18)13(15-12)11-6-7-11/h1-5,11,13H,6-9H2,(H,15,17)/t13-/m1/s1. The lowest BCUT2D eigenvalue weighted by Crippen LogP contribution is -2.58. The highest BCUT2D eigenvalue weighted by atomic mass is 16.2. The Labute approximate surface area is 106 Å². The monoisotopic (exact) mass is 244 g/mol. The molecule has 4 nitrogen and oxygen atoms in total. The van der Waals surface area contributed by atoms with Gasteiger partial charge in [0, 0.05) is 6.54 Å². The van der Waals surface area contributed by atoms with Gasteiger partial charge in [0.25, 0.3) is 0 Å². The minimum atomic E-state index is -0.282. The van der Waals surface area contributed by atoms with Crippen LogP contribution in [0, 0.1) is 5.92 Å². The van der Waals surface area contributed by atoms with Crippen LogP contribution in [-0.2, 0) is 16.1 Å². The Morgan fingerprint density at radius 3 is 2.56 bits per heavy atom. The highest BCUT2D eigenvalue weighted by Gasteiger charge is 2.42. The average molecular weight is 244 g/mol. The minimum Gasteiger partial charge on any atom is -0.342 e. The summed E-state index contributed by atoms with van der Waals surface area (Å²) in [6, 6.07) is 9.51. The Bertz CT molecular complexity index is 468. The topological polar surface area (TPSA) is 49.4 Å². The number of benzene rings is 1. The predicted molar refractivity (Wildman–Crippen MR) is 66.5 cm³/mol. The van der Waals surface area contributed by atoms with Crippen molar-refractivity contribution in [2.75, 3.05) is 6.54 Å². The molecule has 4 heteroatoms. The van der Waals surface area contributed by atoms with Crippen LogP contribution in [0.5, 0.6) is 0 Å². The van der Waals surface area contributed by atoms with E-state index in [1.54, 1.807) is 4.90 Å². The number of carbonyl (C=O) groups excluding carboxylic acids is 2. The number of amides is 2. The molecule has 1 heterocycles. The molecule has 1 aliphatic heterocycles. The zero-order valence-electron chi connectivity index (χ0n) is 10.1. The second kappa shape index (κ2) is 4.44. The van der Waals surface area contributed by atoms with Gasteiger partial charge in [-0.25, -0.2) is 0 Å². The van der Waals surface area contributed by atoms with Gasteiger partial charge in [0.15, 0.2) is 0 Å². The SMILES string of the molecule is O=C1CN(Cc2ccccc2)C(=O)[C@@H](C2CC2)N1. The fraction of sp³-hybridized carbons (Fsp3) is 0.429. The van der Waals surface area contributed by atoms with E-state index in [9.17, 15) is 9.59 Å². The zero-order valence-corrected chi connectivity index (χ0v) is 10.1. The first-order valence-electron chi connectivity index (χ1n) is 6.36. The van der Waals surface area contributed by atoms with E-state index in [2.05, 4.69) is 5.32 Å². The third-order valence-corrected chi connectivity index (χ3v) is 3.54. The number of nitrogens with one attached hydrogen (secondary N) is 1. The Balaban J connectivity index is 1.74. The molecule has 0 aromatic heterocycles. The summed E-state index contributed by atoms with van der Waals surface area (Å²) in [4.78, 5) is 25.6. The molecule has 18 heavy (non-hydrogen) atoms. The Morgan fingerprint density at radius 1 is 1.17 bits per heavy atom. The van der Waals surface area contributed by atoms with Gasteiger partial charge in [-0.3, -0.25) is 9.59 Å². The average Bonchev–Trinajstić information content (AvgIpc) is 3.19. The Hall–Kier alpha value is -1.84. The normalized spacial score (nSPS) is 24.0. The quantitative estimate of drug-likeness (QED) is 0.859. The zero-order chi connectivity index (χ0) is 12.5. The van der Waals surface area contributed by atoms with Crippen molar-refractivity contribution in [2.24, 2.45) is 5.92 Å². The molecule has 0 spiro atoms. The van der Waals surface area contributed by atoms with Crippen LogP contribution in [0.3, 0.4) is 0 Å². The smallest absolute Gasteiger partial charge is 0.246 e. The maximum absolute atomic E-state index is 12.3. The van der Waals surface area contributed by atoms with E-state index in [4.69, 9.17) is 0 Å². The molecular formula is C14H16N2O2. The molecule has 1 aliphatic carbocycles. The summed E-state index contributed by atoms with van der Waals surface area (Å²) < 4.78 is 0. The molecule has 1 N–H and O–H groups in total. The molecule has 3 rings (SSSR count). The molecule has 94 valence electrons. The number of hydrogen-bond acceptors (Lipinski definition) is 2. The second-order valence-corrected chi connectivity index (χ2v) is 5.06. The molecule has 2 amide bonds. The molecule has 2 aliphatic rings. The van der Waals surface area contributed by atoms with Crippen molar-refractivity contribution in [2.45, 2.75) is 25.4 Å². The van der Waals surface area contributed by atoms with Gasteiger partial charge in [-0.1, -0.05) is 30.3 Å². The predicted octanol–water partition coefficient (Wildman–Crippen LogP) is 0.924. The van der Waals surface area contributed by atoms with Crippen molar-refractivity contribution in [3.8, 4) is 0 Å². The molecule has 1 saturated carbocycles. The molecule has 1 saturated heterocycles. The number of piperazine rings is 1. The molecule has 1 atom stereocenters. The van der Waals surface area contributed by atoms with Crippen LogP contribution in [0.2, 0.25) is 0 Å². The van der Waals surface area contributed by atoms with Gasteiger partial charge in [0.2, 0.25) is 11.8 Å². The lowest BCUT2D eigenvalue weighted by molar-refractivity contribution is -0.145. The summed E-state index contributed by atoms with van der Waals surface area (Å²) >= 11 is 0. The van der Waals surface area contributed by atoms with E-state index in [-0.39, 0.29) is 24.4 Å². The lowest BCUT2D eigenvalue weighted by atomic mass is 10.1. The van der Waals surface area contributed by atoms with E-state index in [1.807, 2.05) is 30.3 Å². The molecule has 1 aromatic rings. The molecule has 0 radical (unpaired) electrons. The Kier molecular flexibility index (Phi) is 2.78. The fourth-order valence-electron chi connectivity index (χ4n) is 2.42. The van der Waals surface area contributed by atoms with Gasteiger partial charge in [0.1, 0.15) is 6.04 Å². The van der Waals surface area contributed by atoms with Gasteiger partial charge in [0.05, 0.1) is 6.54 Å². The van der Waals surface area contributed by atoms with Crippen molar-refractivity contribution in [3.05, 3.63) is 35.9 Å². The minimum absolute atomic E-state index is 0.0394. The number of rotatable bonds is 3. The van der Waals surface area contributed by atoms with E-state index in [0.717, 1.165) is 18.4 Å². The second-order valence-electron chi connectivity index (χ2n) is 5.06. The van der Waals surface area contributed by atoms with Crippen LogP contribution in [0.15, 0.2) is 30.3 Å². The van der Waals surface area contributed by atoms with Gasteiger partial charge in [-0.15, -0.1) is 0 Å². The first kappa shape index (κ1) is 11.3. The molecule has 1 aromatic carbocycles. The fourth-order valence-corrected chi connectivity index (χ4v) is 2.42. The van der Waals surface area contributed by atoms with Crippen molar-refractivity contribution in [3.63, 3.8) is 0 Å². The van der Waals surface area contributed by atoms with Crippen LogP contribution < -0.4 is 5.32 Å². The van der Waals surface area contributed by atoms with Crippen LogP contribution in [0.4, 0.5) is 0 Å². The van der Waals surface area contributed by atoms with E-state index < -0.39 is 0 Å². The summed E-state index contributed by atoms with van der Waals surface area (Å²) in [7, 11) is 0. The van der Waals surface area contributed by atoms with Crippen molar-refractivity contribution >= 4 is 11.8 Å². The maximum Gasteiger partial charge on any atom is 0.246 e. The van der Waals surface area contributed by atoms with E-state index in [1.165, 1.54) is 0 Å². The summed E-state index contributed by atoms with van der Waals surface area (Å²) in [5, 5.41) is 2.81.